The van der Waals surface area contributed by atoms with E-state index in [0.717, 1.165) is 25.9 Å². The van der Waals surface area contributed by atoms with Crippen molar-refractivity contribution in [2.75, 3.05) is 18.0 Å². The summed E-state index contributed by atoms with van der Waals surface area (Å²) in [6, 6.07) is 0. The highest BCUT2D eigenvalue weighted by Gasteiger charge is 2.23. The average molecular weight is 296 g/mol. The number of hydrogen-bond donors (Lipinski definition) is 0. The summed E-state index contributed by atoms with van der Waals surface area (Å²) in [6.07, 6.45) is 9.16. The lowest BCUT2D eigenvalue weighted by atomic mass is 9.96. The zero-order valence-corrected chi connectivity index (χ0v) is 11.6. The van der Waals surface area contributed by atoms with Crippen LogP contribution in [0.4, 0.5) is 5.82 Å². The van der Waals surface area contributed by atoms with Crippen molar-refractivity contribution in [2.45, 2.75) is 43.4 Å². The van der Waals surface area contributed by atoms with Crippen LogP contribution in [0.2, 0.25) is 0 Å². The Hall–Kier alpha value is -0.640. The topological polar surface area (TPSA) is 29.0 Å². The molecule has 92 valence electrons. The predicted molar refractivity (Wildman–Crippen MR) is 72.8 cm³/mol. The fourth-order valence-corrected chi connectivity index (χ4v) is 3.57. The summed E-state index contributed by atoms with van der Waals surface area (Å²) in [6.45, 7) is 2.23. The van der Waals surface area contributed by atoms with Gasteiger partial charge in [0.05, 0.1) is 0 Å². The van der Waals surface area contributed by atoms with Crippen molar-refractivity contribution in [1.29, 1.82) is 0 Å². The Morgan fingerprint density at radius 3 is 2.94 bits per heavy atom. The summed E-state index contributed by atoms with van der Waals surface area (Å²) in [5.74, 6) is 1.21. The van der Waals surface area contributed by atoms with Gasteiger partial charge in [0, 0.05) is 29.2 Å². The largest absolute Gasteiger partial charge is 0.355 e. The summed E-state index contributed by atoms with van der Waals surface area (Å²) in [5, 5.41) is 0. The van der Waals surface area contributed by atoms with E-state index in [-0.39, 0.29) is 0 Å². The standard InChI is InChI=1S/C13H18BrN3/c14-10-4-3-7-17(8-10)13-11-5-1-2-6-12(11)15-9-16-13/h9-10H,1-8H2. The third-order valence-corrected chi connectivity index (χ3v) is 4.51. The van der Waals surface area contributed by atoms with E-state index in [4.69, 9.17) is 0 Å². The van der Waals surface area contributed by atoms with Crippen molar-refractivity contribution in [2.24, 2.45) is 0 Å². The first-order valence-corrected chi connectivity index (χ1v) is 7.48. The number of hydrogen-bond acceptors (Lipinski definition) is 3. The van der Waals surface area contributed by atoms with Crippen LogP contribution in [-0.2, 0) is 12.8 Å². The monoisotopic (exact) mass is 295 g/mol. The van der Waals surface area contributed by atoms with Gasteiger partial charge in [-0.15, -0.1) is 0 Å². The fourth-order valence-electron chi connectivity index (χ4n) is 2.89. The minimum atomic E-state index is 0.616. The van der Waals surface area contributed by atoms with Crippen LogP contribution in [-0.4, -0.2) is 27.9 Å². The van der Waals surface area contributed by atoms with Gasteiger partial charge in [0.15, 0.2) is 0 Å². The second kappa shape index (κ2) is 4.92. The molecule has 0 saturated carbocycles. The minimum absolute atomic E-state index is 0.616. The van der Waals surface area contributed by atoms with Gasteiger partial charge in [-0.2, -0.15) is 0 Å². The van der Waals surface area contributed by atoms with E-state index in [1.807, 2.05) is 0 Å². The number of aryl methyl sites for hydroxylation is 1. The van der Waals surface area contributed by atoms with Gasteiger partial charge in [-0.25, -0.2) is 9.97 Å². The molecule has 0 amide bonds. The van der Waals surface area contributed by atoms with Crippen molar-refractivity contribution in [3.63, 3.8) is 0 Å². The summed E-state index contributed by atoms with van der Waals surface area (Å²) in [5.41, 5.74) is 2.71. The molecule has 2 aliphatic rings. The van der Waals surface area contributed by atoms with Gasteiger partial charge in [-0.3, -0.25) is 0 Å². The average Bonchev–Trinajstić information content (AvgIpc) is 2.38. The number of piperidine rings is 1. The first-order valence-electron chi connectivity index (χ1n) is 6.56. The van der Waals surface area contributed by atoms with Gasteiger partial charge >= 0.3 is 0 Å². The summed E-state index contributed by atoms with van der Waals surface area (Å²) in [4.78, 5) is 12.0. The zero-order valence-electron chi connectivity index (χ0n) is 10.0. The highest BCUT2D eigenvalue weighted by molar-refractivity contribution is 9.09. The molecule has 1 aliphatic heterocycles. The van der Waals surface area contributed by atoms with Crippen molar-refractivity contribution < 1.29 is 0 Å². The molecule has 0 bridgehead atoms. The summed E-state index contributed by atoms with van der Waals surface area (Å²) in [7, 11) is 0. The van der Waals surface area contributed by atoms with Crippen LogP contribution in [0.1, 0.15) is 36.9 Å². The smallest absolute Gasteiger partial charge is 0.135 e. The van der Waals surface area contributed by atoms with Crippen LogP contribution >= 0.6 is 15.9 Å². The molecule has 3 rings (SSSR count). The molecule has 1 saturated heterocycles. The summed E-state index contributed by atoms with van der Waals surface area (Å²) >= 11 is 3.74. The molecule has 0 radical (unpaired) electrons. The van der Waals surface area contributed by atoms with Crippen LogP contribution in [0, 0.1) is 0 Å². The second-order valence-corrected chi connectivity index (χ2v) is 6.31. The molecular formula is C13H18BrN3. The molecule has 1 aliphatic carbocycles. The van der Waals surface area contributed by atoms with Crippen molar-refractivity contribution in [1.82, 2.24) is 9.97 Å². The van der Waals surface area contributed by atoms with Gasteiger partial charge in [-0.05, 0) is 38.5 Å². The minimum Gasteiger partial charge on any atom is -0.355 e. The van der Waals surface area contributed by atoms with Crippen molar-refractivity contribution >= 4 is 21.7 Å². The van der Waals surface area contributed by atoms with E-state index < -0.39 is 0 Å². The van der Waals surface area contributed by atoms with Gasteiger partial charge in [-0.1, -0.05) is 15.9 Å². The zero-order chi connectivity index (χ0) is 11.7. The van der Waals surface area contributed by atoms with E-state index in [0.29, 0.717) is 4.83 Å². The molecule has 3 nitrogen and oxygen atoms in total. The van der Waals surface area contributed by atoms with E-state index in [1.165, 1.54) is 42.8 Å². The summed E-state index contributed by atoms with van der Waals surface area (Å²) < 4.78 is 0. The molecule has 2 heterocycles. The molecule has 1 atom stereocenters. The number of anilines is 1. The molecule has 1 aromatic rings. The van der Waals surface area contributed by atoms with E-state index in [9.17, 15) is 0 Å². The Bertz CT molecular complexity index is 408. The number of aromatic nitrogens is 2. The third kappa shape index (κ3) is 2.32. The number of fused-ring (bicyclic) bond motifs is 1. The lowest BCUT2D eigenvalue weighted by Crippen LogP contribution is -2.37. The van der Waals surface area contributed by atoms with Crippen molar-refractivity contribution in [3.8, 4) is 0 Å². The van der Waals surface area contributed by atoms with E-state index in [2.05, 4.69) is 30.8 Å². The fraction of sp³-hybridized carbons (Fsp3) is 0.692. The van der Waals surface area contributed by atoms with Crippen LogP contribution in [0.25, 0.3) is 0 Å². The SMILES string of the molecule is BrC1CCCN(c2ncnc3c2CCCC3)C1. The van der Waals surface area contributed by atoms with E-state index >= 15 is 0 Å². The molecule has 0 aromatic carbocycles. The Morgan fingerprint density at radius 2 is 2.06 bits per heavy atom. The van der Waals surface area contributed by atoms with Crippen molar-refractivity contribution in [3.05, 3.63) is 17.6 Å². The number of halogens is 1. The number of alkyl halides is 1. The molecule has 1 fully saturated rings. The lowest BCUT2D eigenvalue weighted by molar-refractivity contribution is 0.581. The molecule has 1 unspecified atom stereocenters. The molecule has 4 heteroatoms. The Labute approximate surface area is 111 Å². The second-order valence-electron chi connectivity index (χ2n) is 5.02. The maximum atomic E-state index is 4.54. The quantitative estimate of drug-likeness (QED) is 0.746. The molecule has 1 aromatic heterocycles. The van der Waals surface area contributed by atoms with Gasteiger partial charge in [0.25, 0.3) is 0 Å². The van der Waals surface area contributed by atoms with Crippen LogP contribution in [0.15, 0.2) is 6.33 Å². The number of nitrogens with zero attached hydrogens (tertiary/aromatic N) is 3. The Morgan fingerprint density at radius 1 is 1.18 bits per heavy atom. The maximum Gasteiger partial charge on any atom is 0.135 e. The van der Waals surface area contributed by atoms with Gasteiger partial charge in [0.1, 0.15) is 12.1 Å². The molecule has 17 heavy (non-hydrogen) atoms. The third-order valence-electron chi connectivity index (χ3n) is 3.77. The Balaban J connectivity index is 1.91. The van der Waals surface area contributed by atoms with Crippen LogP contribution < -0.4 is 4.90 Å². The Kier molecular flexibility index (Phi) is 3.32. The predicted octanol–water partition coefficient (Wildman–Crippen LogP) is 2.72. The molecule has 0 N–H and O–H groups in total. The van der Waals surface area contributed by atoms with Crippen LogP contribution in [0.3, 0.4) is 0 Å². The first kappa shape index (κ1) is 11.5. The van der Waals surface area contributed by atoms with Gasteiger partial charge < -0.3 is 4.90 Å². The normalized spacial score (nSPS) is 24.5. The van der Waals surface area contributed by atoms with E-state index in [1.54, 1.807) is 6.33 Å². The molecule has 0 spiro atoms. The lowest BCUT2D eigenvalue weighted by Gasteiger charge is -2.33. The highest BCUT2D eigenvalue weighted by Crippen LogP contribution is 2.29. The van der Waals surface area contributed by atoms with Gasteiger partial charge in [0.2, 0.25) is 0 Å². The van der Waals surface area contributed by atoms with Crippen LogP contribution in [0.5, 0.6) is 0 Å². The first-order chi connectivity index (χ1) is 8.34. The highest BCUT2D eigenvalue weighted by atomic mass is 79.9. The maximum absolute atomic E-state index is 4.54. The molecular weight excluding hydrogens is 278 g/mol. The number of rotatable bonds is 1.